The van der Waals surface area contributed by atoms with Crippen LogP contribution in [0, 0.1) is 19.7 Å². The van der Waals surface area contributed by atoms with Crippen molar-refractivity contribution in [2.75, 3.05) is 23.7 Å². The number of aryl methyl sites for hydroxylation is 2. The number of rotatable bonds is 11. The topological polar surface area (TPSA) is 86.8 Å². The highest BCUT2D eigenvalue weighted by Gasteiger charge is 2.33. The van der Waals surface area contributed by atoms with Crippen LogP contribution in [0.2, 0.25) is 0 Å². The lowest BCUT2D eigenvalue weighted by Gasteiger charge is -2.33. The van der Waals surface area contributed by atoms with Gasteiger partial charge in [0.25, 0.3) is 0 Å². The van der Waals surface area contributed by atoms with E-state index in [1.54, 1.807) is 38.1 Å². The Kier molecular flexibility index (Phi) is 9.63. The van der Waals surface area contributed by atoms with Gasteiger partial charge in [0.15, 0.2) is 0 Å². The molecule has 0 heterocycles. The van der Waals surface area contributed by atoms with Crippen molar-refractivity contribution in [3.05, 3.63) is 101 Å². The zero-order valence-corrected chi connectivity index (χ0v) is 23.0. The minimum atomic E-state index is -3.84. The summed E-state index contributed by atoms with van der Waals surface area (Å²) in [4.78, 5) is 28.6. The average molecular weight is 540 g/mol. The molecule has 0 bridgehead atoms. The lowest BCUT2D eigenvalue weighted by Crippen LogP contribution is -2.53. The number of carbonyl (C=O) groups is 2. The van der Waals surface area contributed by atoms with Gasteiger partial charge in [0.2, 0.25) is 21.8 Å². The molecule has 0 aliphatic heterocycles. The van der Waals surface area contributed by atoms with Crippen LogP contribution >= 0.6 is 0 Å². The molecule has 0 aliphatic carbocycles. The number of hydrogen-bond donors (Lipinski definition) is 1. The van der Waals surface area contributed by atoms with Crippen molar-refractivity contribution in [1.82, 2.24) is 10.2 Å². The Morgan fingerprint density at radius 3 is 2.21 bits per heavy atom. The van der Waals surface area contributed by atoms with Crippen molar-refractivity contribution in [2.45, 2.75) is 39.8 Å². The maximum atomic E-state index is 13.9. The average Bonchev–Trinajstić information content (AvgIpc) is 2.87. The Morgan fingerprint density at radius 2 is 1.61 bits per heavy atom. The van der Waals surface area contributed by atoms with Gasteiger partial charge in [0.1, 0.15) is 18.4 Å². The van der Waals surface area contributed by atoms with Crippen LogP contribution in [-0.4, -0.2) is 50.5 Å². The molecular formula is C29H34FN3O4S. The molecule has 0 spiro atoms. The first-order valence-corrected chi connectivity index (χ1v) is 14.2. The van der Waals surface area contributed by atoms with Crippen molar-refractivity contribution in [2.24, 2.45) is 0 Å². The van der Waals surface area contributed by atoms with E-state index in [1.165, 1.54) is 17.0 Å². The van der Waals surface area contributed by atoms with Gasteiger partial charge >= 0.3 is 0 Å². The predicted molar refractivity (Wildman–Crippen MR) is 148 cm³/mol. The molecule has 0 saturated carbocycles. The molecule has 0 unspecified atom stereocenters. The summed E-state index contributed by atoms with van der Waals surface area (Å²) in [7, 11) is -3.84. The Balaban J connectivity index is 2.06. The first-order chi connectivity index (χ1) is 18.0. The molecular weight excluding hydrogens is 505 g/mol. The third kappa shape index (κ3) is 7.64. The zero-order chi connectivity index (χ0) is 27.9. The summed E-state index contributed by atoms with van der Waals surface area (Å²) in [6, 6.07) is 19.4. The normalized spacial score (nSPS) is 12.0. The number of halogens is 1. The van der Waals surface area contributed by atoms with Crippen LogP contribution in [0.3, 0.4) is 0 Å². The summed E-state index contributed by atoms with van der Waals surface area (Å²) in [6.07, 6.45) is 1.28. The van der Waals surface area contributed by atoms with E-state index in [4.69, 9.17) is 0 Å². The third-order valence-corrected chi connectivity index (χ3v) is 7.33. The minimum absolute atomic E-state index is 0.00184. The van der Waals surface area contributed by atoms with Crippen LogP contribution in [0.4, 0.5) is 10.1 Å². The van der Waals surface area contributed by atoms with Gasteiger partial charge < -0.3 is 10.2 Å². The fourth-order valence-corrected chi connectivity index (χ4v) is 5.11. The molecule has 1 atom stereocenters. The van der Waals surface area contributed by atoms with Gasteiger partial charge in [-0.05, 0) is 61.2 Å². The van der Waals surface area contributed by atoms with Crippen LogP contribution in [0.1, 0.15) is 29.2 Å². The molecule has 0 aliphatic rings. The maximum Gasteiger partial charge on any atom is 0.244 e. The molecule has 9 heteroatoms. The summed E-state index contributed by atoms with van der Waals surface area (Å²) >= 11 is 0. The Morgan fingerprint density at radius 1 is 0.947 bits per heavy atom. The van der Waals surface area contributed by atoms with Crippen molar-refractivity contribution in [3.63, 3.8) is 0 Å². The fourth-order valence-electron chi connectivity index (χ4n) is 4.22. The van der Waals surface area contributed by atoms with Crippen molar-refractivity contribution < 1.29 is 22.4 Å². The summed E-state index contributed by atoms with van der Waals surface area (Å²) in [6.45, 7) is 5.28. The van der Waals surface area contributed by atoms with Crippen LogP contribution in [0.5, 0.6) is 0 Å². The minimum Gasteiger partial charge on any atom is -0.355 e. The van der Waals surface area contributed by atoms with E-state index in [1.807, 2.05) is 43.3 Å². The van der Waals surface area contributed by atoms with Crippen LogP contribution in [0.15, 0.2) is 72.8 Å². The molecule has 3 aromatic carbocycles. The summed E-state index contributed by atoms with van der Waals surface area (Å²) in [5, 5.41) is 2.80. The quantitative estimate of drug-likeness (QED) is 0.399. The van der Waals surface area contributed by atoms with Crippen molar-refractivity contribution in [1.29, 1.82) is 0 Å². The fraction of sp³-hybridized carbons (Fsp3) is 0.310. The first kappa shape index (κ1) is 28.8. The lowest BCUT2D eigenvalue weighted by molar-refractivity contribution is -0.140. The second-order valence-electron chi connectivity index (χ2n) is 9.31. The van der Waals surface area contributed by atoms with E-state index in [9.17, 15) is 22.4 Å². The highest BCUT2D eigenvalue weighted by molar-refractivity contribution is 7.92. The molecule has 0 radical (unpaired) electrons. The number of anilines is 1. The highest BCUT2D eigenvalue weighted by atomic mass is 32.2. The van der Waals surface area contributed by atoms with E-state index in [0.717, 1.165) is 21.7 Å². The van der Waals surface area contributed by atoms with Crippen LogP contribution < -0.4 is 9.62 Å². The second-order valence-corrected chi connectivity index (χ2v) is 11.2. The van der Waals surface area contributed by atoms with Gasteiger partial charge in [-0.2, -0.15) is 0 Å². The van der Waals surface area contributed by atoms with E-state index < -0.39 is 34.3 Å². The number of likely N-dealkylation sites (N-methyl/N-ethyl adjacent to an activating group) is 1. The van der Waals surface area contributed by atoms with Gasteiger partial charge in [0, 0.05) is 19.5 Å². The second kappa shape index (κ2) is 12.7. The zero-order valence-electron chi connectivity index (χ0n) is 22.1. The lowest BCUT2D eigenvalue weighted by atomic mass is 10.0. The smallest absolute Gasteiger partial charge is 0.244 e. The van der Waals surface area contributed by atoms with Gasteiger partial charge in [-0.1, -0.05) is 54.6 Å². The first-order valence-electron chi connectivity index (χ1n) is 12.4. The predicted octanol–water partition coefficient (Wildman–Crippen LogP) is 3.98. The molecule has 0 fully saturated rings. The van der Waals surface area contributed by atoms with Gasteiger partial charge in [-0.3, -0.25) is 13.9 Å². The number of nitrogens with zero attached hydrogens (tertiary/aromatic N) is 2. The molecule has 0 aromatic heterocycles. The van der Waals surface area contributed by atoms with Gasteiger partial charge in [-0.15, -0.1) is 0 Å². The molecule has 1 N–H and O–H groups in total. The van der Waals surface area contributed by atoms with Crippen LogP contribution in [-0.2, 0) is 32.6 Å². The summed E-state index contributed by atoms with van der Waals surface area (Å²) < 4.78 is 40.4. The van der Waals surface area contributed by atoms with Crippen molar-refractivity contribution in [3.8, 4) is 0 Å². The Labute approximate surface area is 224 Å². The van der Waals surface area contributed by atoms with Crippen LogP contribution in [0.25, 0.3) is 0 Å². The number of sulfonamides is 1. The molecule has 3 aromatic rings. The monoisotopic (exact) mass is 539 g/mol. The standard InChI is InChI=1S/C29H34FN3O4S/c1-5-31-29(35)27(18-23-9-7-6-8-10-23)32(19-24-13-15-25(30)16-14-24)28(34)20-33(38(4,36)37)26-17-21(2)11-12-22(26)3/h6-17,27H,5,18-20H2,1-4H3,(H,31,35)/t27-/m0/s1. The highest BCUT2D eigenvalue weighted by Crippen LogP contribution is 2.25. The number of nitrogens with one attached hydrogen (secondary N) is 1. The molecule has 3 rings (SSSR count). The largest absolute Gasteiger partial charge is 0.355 e. The molecule has 7 nitrogen and oxygen atoms in total. The maximum absolute atomic E-state index is 13.9. The van der Waals surface area contributed by atoms with Crippen molar-refractivity contribution >= 4 is 27.5 Å². The Bertz CT molecular complexity index is 1360. The van der Waals surface area contributed by atoms with E-state index in [0.29, 0.717) is 23.4 Å². The van der Waals surface area contributed by atoms with Gasteiger partial charge in [-0.25, -0.2) is 12.8 Å². The summed E-state index contributed by atoms with van der Waals surface area (Å²) in [5.41, 5.74) is 3.40. The molecule has 202 valence electrons. The van der Waals surface area contributed by atoms with Gasteiger partial charge in [0.05, 0.1) is 11.9 Å². The van der Waals surface area contributed by atoms with E-state index in [-0.39, 0.29) is 18.9 Å². The number of carbonyl (C=O) groups excluding carboxylic acids is 2. The molecule has 0 saturated heterocycles. The molecule has 2 amide bonds. The molecule has 38 heavy (non-hydrogen) atoms. The van der Waals surface area contributed by atoms with E-state index in [2.05, 4.69) is 5.32 Å². The SMILES string of the molecule is CCNC(=O)[C@H](Cc1ccccc1)N(Cc1ccc(F)cc1)C(=O)CN(c1cc(C)ccc1C)S(C)(=O)=O. The summed E-state index contributed by atoms with van der Waals surface area (Å²) in [5.74, 6) is -1.33. The third-order valence-electron chi connectivity index (χ3n) is 6.20. The number of benzene rings is 3. The number of hydrogen-bond acceptors (Lipinski definition) is 4. The number of amides is 2. The van der Waals surface area contributed by atoms with E-state index >= 15 is 0 Å². The Hall–Kier alpha value is -3.72.